The minimum atomic E-state index is -0.384. The van der Waals surface area contributed by atoms with Crippen LogP contribution < -0.4 is 5.32 Å². The minimum Gasteiger partial charge on any atom is -0.465 e. The Labute approximate surface area is 106 Å². The maximum atomic E-state index is 11.4. The fourth-order valence-corrected chi connectivity index (χ4v) is 2.39. The molecule has 0 aliphatic heterocycles. The summed E-state index contributed by atoms with van der Waals surface area (Å²) in [7, 11) is 1.35. The molecule has 1 heterocycles. The lowest BCUT2D eigenvalue weighted by Crippen LogP contribution is -2.39. The van der Waals surface area contributed by atoms with Crippen LogP contribution in [0.1, 0.15) is 36.0 Å². The number of pyridine rings is 1. The summed E-state index contributed by atoms with van der Waals surface area (Å²) >= 11 is 0. The number of rotatable bonds is 4. The van der Waals surface area contributed by atoms with Crippen molar-refractivity contribution in [1.82, 2.24) is 4.98 Å². The number of aliphatic hydroxyl groups is 1. The van der Waals surface area contributed by atoms with Crippen LogP contribution in [0.4, 0.5) is 5.82 Å². The van der Waals surface area contributed by atoms with Crippen molar-refractivity contribution in [2.75, 3.05) is 19.0 Å². The van der Waals surface area contributed by atoms with Gasteiger partial charge in [-0.3, -0.25) is 0 Å². The van der Waals surface area contributed by atoms with Gasteiger partial charge in [-0.2, -0.15) is 0 Å². The van der Waals surface area contributed by atoms with Gasteiger partial charge < -0.3 is 15.2 Å². The Bertz CT molecular complexity index is 428. The van der Waals surface area contributed by atoms with E-state index >= 15 is 0 Å². The second-order valence-corrected chi connectivity index (χ2v) is 4.69. The number of methoxy groups -OCH3 is 1. The maximum absolute atomic E-state index is 11.4. The van der Waals surface area contributed by atoms with Gasteiger partial charge in [0.25, 0.3) is 0 Å². The first-order valence-corrected chi connectivity index (χ1v) is 6.12. The van der Waals surface area contributed by atoms with E-state index in [2.05, 4.69) is 15.0 Å². The predicted octanol–water partition coefficient (Wildman–Crippen LogP) is 1.59. The third-order valence-electron chi connectivity index (χ3n) is 3.44. The molecule has 0 unspecified atom stereocenters. The first-order chi connectivity index (χ1) is 8.69. The number of nitrogens with zero attached hydrogens (tertiary/aromatic N) is 1. The van der Waals surface area contributed by atoms with E-state index in [1.54, 1.807) is 18.3 Å². The average molecular weight is 250 g/mol. The number of nitrogens with one attached hydrogen (secondary N) is 1. The van der Waals surface area contributed by atoms with Crippen molar-refractivity contribution in [2.45, 2.75) is 31.2 Å². The van der Waals surface area contributed by atoms with Crippen LogP contribution in [0.5, 0.6) is 0 Å². The van der Waals surface area contributed by atoms with Crippen LogP contribution in [-0.4, -0.2) is 35.3 Å². The standard InChI is InChI=1S/C13H18N2O3/c1-18-12(17)10-4-7-14-11(8-10)15-13(9-16)5-2-3-6-13/h4,7-8,16H,2-3,5-6,9H2,1H3,(H,14,15). The molecular formula is C13H18N2O3. The minimum absolute atomic E-state index is 0.0805. The molecule has 2 rings (SSSR count). The number of anilines is 1. The number of hydrogen-bond donors (Lipinski definition) is 2. The molecule has 0 radical (unpaired) electrons. The summed E-state index contributed by atoms with van der Waals surface area (Å²) in [6, 6.07) is 3.26. The number of carbonyl (C=O) groups is 1. The number of ether oxygens (including phenoxy) is 1. The average Bonchev–Trinajstić information content (AvgIpc) is 2.87. The van der Waals surface area contributed by atoms with Gasteiger partial charge >= 0.3 is 5.97 Å². The molecule has 1 aromatic rings. The van der Waals surface area contributed by atoms with Crippen molar-refractivity contribution in [3.05, 3.63) is 23.9 Å². The van der Waals surface area contributed by atoms with Crippen molar-refractivity contribution in [1.29, 1.82) is 0 Å². The van der Waals surface area contributed by atoms with Gasteiger partial charge in [0.1, 0.15) is 5.82 Å². The molecule has 5 nitrogen and oxygen atoms in total. The molecule has 0 amide bonds. The fraction of sp³-hybridized carbons (Fsp3) is 0.538. The highest BCUT2D eigenvalue weighted by Crippen LogP contribution is 2.32. The van der Waals surface area contributed by atoms with Gasteiger partial charge in [-0.25, -0.2) is 9.78 Å². The Morgan fingerprint density at radius 2 is 2.28 bits per heavy atom. The van der Waals surface area contributed by atoms with Gasteiger partial charge in [0, 0.05) is 6.20 Å². The van der Waals surface area contributed by atoms with E-state index < -0.39 is 0 Å². The van der Waals surface area contributed by atoms with Crippen LogP contribution in [0.15, 0.2) is 18.3 Å². The molecule has 0 spiro atoms. The topological polar surface area (TPSA) is 71.5 Å². The van der Waals surface area contributed by atoms with E-state index in [9.17, 15) is 9.90 Å². The lowest BCUT2D eigenvalue weighted by atomic mass is 9.99. The van der Waals surface area contributed by atoms with Gasteiger partial charge in [-0.05, 0) is 25.0 Å². The lowest BCUT2D eigenvalue weighted by molar-refractivity contribution is 0.0600. The second kappa shape index (κ2) is 5.35. The SMILES string of the molecule is COC(=O)c1ccnc(NC2(CO)CCCC2)c1. The van der Waals surface area contributed by atoms with Gasteiger partial charge in [0.05, 0.1) is 24.8 Å². The van der Waals surface area contributed by atoms with Crippen LogP contribution in [0.2, 0.25) is 0 Å². The van der Waals surface area contributed by atoms with Gasteiger partial charge in [0.2, 0.25) is 0 Å². The molecule has 1 aromatic heterocycles. The quantitative estimate of drug-likeness (QED) is 0.794. The number of hydrogen-bond acceptors (Lipinski definition) is 5. The van der Waals surface area contributed by atoms with Crippen LogP contribution >= 0.6 is 0 Å². The monoisotopic (exact) mass is 250 g/mol. The Hall–Kier alpha value is -1.62. The Kier molecular flexibility index (Phi) is 3.81. The molecule has 5 heteroatoms. The third kappa shape index (κ3) is 2.61. The molecule has 0 aromatic carbocycles. The van der Waals surface area contributed by atoms with Crippen molar-refractivity contribution >= 4 is 11.8 Å². The summed E-state index contributed by atoms with van der Waals surface area (Å²) in [6.45, 7) is 0.0805. The van der Waals surface area contributed by atoms with E-state index in [1.165, 1.54) is 7.11 Å². The first-order valence-electron chi connectivity index (χ1n) is 6.12. The van der Waals surface area contributed by atoms with E-state index in [4.69, 9.17) is 0 Å². The molecule has 1 aliphatic carbocycles. The zero-order valence-electron chi connectivity index (χ0n) is 10.5. The third-order valence-corrected chi connectivity index (χ3v) is 3.44. The number of carbonyl (C=O) groups excluding carboxylic acids is 1. The van der Waals surface area contributed by atoms with Gasteiger partial charge in [-0.1, -0.05) is 12.8 Å². The fourth-order valence-electron chi connectivity index (χ4n) is 2.39. The summed E-state index contributed by atoms with van der Waals surface area (Å²) in [6.07, 6.45) is 5.62. The zero-order chi connectivity index (χ0) is 13.0. The summed E-state index contributed by atoms with van der Waals surface area (Å²) in [5.74, 6) is 0.221. The van der Waals surface area contributed by atoms with Crippen LogP contribution in [0.3, 0.4) is 0 Å². The van der Waals surface area contributed by atoms with Crippen molar-refractivity contribution in [2.24, 2.45) is 0 Å². The Morgan fingerprint density at radius 3 is 2.89 bits per heavy atom. The Balaban J connectivity index is 2.16. The molecule has 0 atom stereocenters. The second-order valence-electron chi connectivity index (χ2n) is 4.69. The normalized spacial score (nSPS) is 17.4. The largest absolute Gasteiger partial charge is 0.465 e. The lowest BCUT2D eigenvalue weighted by Gasteiger charge is -2.28. The summed E-state index contributed by atoms with van der Waals surface area (Å²) in [5, 5.41) is 12.8. The maximum Gasteiger partial charge on any atom is 0.338 e. The molecule has 98 valence electrons. The zero-order valence-corrected chi connectivity index (χ0v) is 10.5. The molecule has 1 saturated carbocycles. The van der Waals surface area contributed by atoms with Crippen LogP contribution in [-0.2, 0) is 4.74 Å². The van der Waals surface area contributed by atoms with Crippen LogP contribution in [0.25, 0.3) is 0 Å². The Morgan fingerprint density at radius 1 is 1.56 bits per heavy atom. The van der Waals surface area contributed by atoms with E-state index in [0.29, 0.717) is 11.4 Å². The van der Waals surface area contributed by atoms with Crippen molar-refractivity contribution < 1.29 is 14.6 Å². The number of esters is 1. The summed E-state index contributed by atoms with van der Waals surface area (Å²) in [5.41, 5.74) is 0.169. The predicted molar refractivity (Wildman–Crippen MR) is 67.5 cm³/mol. The summed E-state index contributed by atoms with van der Waals surface area (Å²) in [4.78, 5) is 15.6. The molecule has 0 bridgehead atoms. The molecule has 1 fully saturated rings. The van der Waals surface area contributed by atoms with E-state index in [1.807, 2.05) is 0 Å². The highest BCUT2D eigenvalue weighted by molar-refractivity contribution is 5.90. The molecule has 2 N–H and O–H groups in total. The van der Waals surface area contributed by atoms with Gasteiger partial charge in [-0.15, -0.1) is 0 Å². The molecule has 18 heavy (non-hydrogen) atoms. The molecule has 1 aliphatic rings. The van der Waals surface area contributed by atoms with Crippen LogP contribution in [0, 0.1) is 0 Å². The van der Waals surface area contributed by atoms with Gasteiger partial charge in [0.15, 0.2) is 0 Å². The van der Waals surface area contributed by atoms with Crippen molar-refractivity contribution in [3.63, 3.8) is 0 Å². The highest BCUT2D eigenvalue weighted by atomic mass is 16.5. The smallest absolute Gasteiger partial charge is 0.338 e. The highest BCUT2D eigenvalue weighted by Gasteiger charge is 2.33. The van der Waals surface area contributed by atoms with E-state index in [0.717, 1.165) is 25.7 Å². The molecule has 0 saturated heterocycles. The number of aliphatic hydroxyl groups excluding tert-OH is 1. The van der Waals surface area contributed by atoms with Crippen molar-refractivity contribution in [3.8, 4) is 0 Å². The van der Waals surface area contributed by atoms with E-state index in [-0.39, 0.29) is 18.1 Å². The first kappa shape index (κ1) is 12.8. The summed E-state index contributed by atoms with van der Waals surface area (Å²) < 4.78 is 4.67. The number of aromatic nitrogens is 1. The molecular weight excluding hydrogens is 232 g/mol.